The number of carbonyl (C=O) groups is 4. The van der Waals surface area contributed by atoms with Crippen LogP contribution in [0, 0.1) is 16.0 Å². The van der Waals surface area contributed by atoms with Crippen molar-refractivity contribution in [1.29, 1.82) is 0 Å². The monoisotopic (exact) mass is 720 g/mol. The molecule has 1 aliphatic carbocycles. The molecule has 16 heteroatoms. The van der Waals surface area contributed by atoms with Gasteiger partial charge in [-0.25, -0.2) is 19.6 Å². The van der Waals surface area contributed by atoms with Crippen LogP contribution in [-0.2, 0) is 19.1 Å². The Bertz CT molecular complexity index is 1880. The molecule has 3 aromatic rings. The first-order valence-electron chi connectivity index (χ1n) is 16.9. The molecule has 3 N–H and O–H groups in total. The van der Waals surface area contributed by atoms with Gasteiger partial charge >= 0.3 is 12.1 Å². The summed E-state index contributed by atoms with van der Waals surface area (Å²) in [5.74, 6) is -2.60. The molecular formula is C35H40N6O9S. The summed E-state index contributed by atoms with van der Waals surface area (Å²) in [6.45, 7) is 5.07. The van der Waals surface area contributed by atoms with Crippen LogP contribution in [0.3, 0.4) is 0 Å². The summed E-state index contributed by atoms with van der Waals surface area (Å²) in [7, 11) is 0. The predicted octanol–water partition coefficient (Wildman–Crippen LogP) is 4.99. The van der Waals surface area contributed by atoms with E-state index in [0.717, 1.165) is 12.8 Å². The zero-order valence-corrected chi connectivity index (χ0v) is 29.3. The first-order chi connectivity index (χ1) is 24.2. The van der Waals surface area contributed by atoms with E-state index >= 15 is 0 Å². The lowest BCUT2D eigenvalue weighted by Crippen LogP contribution is -2.56. The Morgan fingerprint density at radius 1 is 1.16 bits per heavy atom. The second-order valence-corrected chi connectivity index (χ2v) is 15.1. The van der Waals surface area contributed by atoms with Crippen LogP contribution in [0.25, 0.3) is 21.6 Å². The number of allylic oxidation sites excluding steroid dienone is 1. The number of carbonyl (C=O) groups excluding carboxylic acids is 3. The summed E-state index contributed by atoms with van der Waals surface area (Å²) in [4.78, 5) is 76.0. The molecule has 1 aromatic carbocycles. The molecule has 3 amide bonds. The van der Waals surface area contributed by atoms with Gasteiger partial charge in [-0.3, -0.25) is 19.7 Å². The number of aromatic nitrogens is 2. The number of fused-ring (bicyclic) bond motifs is 3. The van der Waals surface area contributed by atoms with Crippen molar-refractivity contribution in [2.75, 3.05) is 6.54 Å². The SMILES string of the molecule is CC(C)(C)OC(=O)N[C@@H]1CCCCC/C=C\C2CC2(C(=O)O)NC(=O)C2C[C@@H](Oc3nc4ccc([N+](=O)[O-])cc4nc3-c3cccs3)CN2C1=O. The largest absolute Gasteiger partial charge is 0.479 e. The number of non-ortho nitro benzene ring substituents is 1. The number of benzene rings is 1. The summed E-state index contributed by atoms with van der Waals surface area (Å²) in [5.41, 5.74) is -1.48. The zero-order valence-electron chi connectivity index (χ0n) is 28.5. The summed E-state index contributed by atoms with van der Waals surface area (Å²) in [5, 5.41) is 28.9. The molecule has 1 saturated heterocycles. The maximum absolute atomic E-state index is 14.3. The number of aliphatic carboxylic acids is 1. The molecule has 2 aromatic heterocycles. The molecule has 4 heterocycles. The first-order valence-corrected chi connectivity index (χ1v) is 17.8. The van der Waals surface area contributed by atoms with Crippen LogP contribution in [0.15, 0.2) is 47.9 Å². The molecule has 15 nitrogen and oxygen atoms in total. The summed E-state index contributed by atoms with van der Waals surface area (Å²) < 4.78 is 11.9. The van der Waals surface area contributed by atoms with E-state index in [9.17, 15) is 34.4 Å². The third-order valence-corrected chi connectivity index (χ3v) is 10.0. The van der Waals surface area contributed by atoms with Gasteiger partial charge in [-0.05, 0) is 64.0 Å². The highest BCUT2D eigenvalue weighted by molar-refractivity contribution is 7.13. The van der Waals surface area contributed by atoms with Crippen LogP contribution < -0.4 is 15.4 Å². The average molecular weight is 721 g/mol. The number of alkyl carbamates (subject to hydrolysis) is 1. The van der Waals surface area contributed by atoms with Crippen LogP contribution in [0.1, 0.15) is 65.7 Å². The minimum Gasteiger partial charge on any atom is -0.479 e. The number of ether oxygens (including phenoxy) is 2. The number of nitrogens with one attached hydrogen (secondary N) is 2. The van der Waals surface area contributed by atoms with Crippen LogP contribution in [0.4, 0.5) is 10.5 Å². The average Bonchev–Trinajstić information content (AvgIpc) is 3.37. The Morgan fingerprint density at radius 3 is 2.67 bits per heavy atom. The predicted molar refractivity (Wildman–Crippen MR) is 186 cm³/mol. The van der Waals surface area contributed by atoms with Crippen molar-refractivity contribution in [3.63, 3.8) is 0 Å². The van der Waals surface area contributed by atoms with E-state index in [2.05, 4.69) is 20.6 Å². The fourth-order valence-corrected chi connectivity index (χ4v) is 7.26. The fraction of sp³-hybridized carbons (Fsp3) is 0.486. The number of carboxylic acids is 1. The van der Waals surface area contributed by atoms with Crippen molar-refractivity contribution in [2.45, 2.75) is 95.0 Å². The van der Waals surface area contributed by atoms with Crippen molar-refractivity contribution in [3.8, 4) is 16.5 Å². The number of amides is 3. The van der Waals surface area contributed by atoms with E-state index in [0.29, 0.717) is 35.4 Å². The molecule has 2 fully saturated rings. The lowest BCUT2D eigenvalue weighted by atomic mass is 10.0. The Kier molecular flexibility index (Phi) is 9.97. The van der Waals surface area contributed by atoms with Crippen LogP contribution in [0.5, 0.6) is 5.88 Å². The quantitative estimate of drug-likeness (QED) is 0.176. The minimum absolute atomic E-state index is 0.00318. The van der Waals surface area contributed by atoms with Gasteiger partial charge in [0.25, 0.3) is 5.69 Å². The minimum atomic E-state index is -1.49. The molecule has 3 aliphatic rings. The topological polar surface area (TPSA) is 203 Å². The van der Waals surface area contributed by atoms with Gasteiger partial charge < -0.3 is 30.1 Å². The molecule has 0 radical (unpaired) electrons. The van der Waals surface area contributed by atoms with Gasteiger partial charge in [-0.15, -0.1) is 11.3 Å². The number of rotatable bonds is 6. The highest BCUT2D eigenvalue weighted by atomic mass is 32.1. The second kappa shape index (κ2) is 14.2. The van der Waals surface area contributed by atoms with Crippen molar-refractivity contribution in [3.05, 3.63) is 58.0 Å². The molecule has 3 unspecified atom stereocenters. The second-order valence-electron chi connectivity index (χ2n) is 14.1. The van der Waals surface area contributed by atoms with E-state index in [-0.39, 0.29) is 42.4 Å². The highest BCUT2D eigenvalue weighted by Gasteiger charge is 2.61. The van der Waals surface area contributed by atoms with Gasteiger partial charge in [0, 0.05) is 24.5 Å². The fourth-order valence-electron chi connectivity index (χ4n) is 6.55. The standard InChI is InChI=1S/C35H40N6O9S/c1-34(2,3)50-33(46)38-24-11-8-6-4-5-7-10-20-18-35(20,32(44)45)39-29(42)26-17-22(19-40(26)31(24)43)49-30-28(27-12-9-15-51-27)36-25-16-21(41(47)48)13-14-23(25)37-30/h7,9-10,12-16,20,22,24,26H,4-6,8,11,17-19H2,1-3H3,(H,38,46)(H,39,42)(H,44,45)/b10-7-/t20?,22-,24-,26?,35?/m1/s1. The number of hydrogen-bond acceptors (Lipinski definition) is 11. The molecular weight excluding hydrogens is 680 g/mol. The number of hydrogen-bond donors (Lipinski definition) is 3. The molecule has 5 atom stereocenters. The third-order valence-electron chi connectivity index (χ3n) is 9.17. The Hall–Kier alpha value is -5.12. The zero-order chi connectivity index (χ0) is 36.5. The molecule has 0 bridgehead atoms. The number of nitrogens with zero attached hydrogens (tertiary/aromatic N) is 4. The smallest absolute Gasteiger partial charge is 0.408 e. The van der Waals surface area contributed by atoms with Crippen LogP contribution >= 0.6 is 11.3 Å². The molecule has 1 saturated carbocycles. The molecule has 270 valence electrons. The van der Waals surface area contributed by atoms with E-state index < -0.39 is 58.1 Å². The van der Waals surface area contributed by atoms with Gasteiger partial charge in [0.1, 0.15) is 35.0 Å². The maximum atomic E-state index is 14.3. The van der Waals surface area contributed by atoms with Crippen LogP contribution in [-0.4, -0.2) is 84.6 Å². The molecule has 2 aliphatic heterocycles. The van der Waals surface area contributed by atoms with Crippen molar-refractivity contribution in [1.82, 2.24) is 25.5 Å². The van der Waals surface area contributed by atoms with Gasteiger partial charge in [0.15, 0.2) is 0 Å². The molecule has 0 spiro atoms. The highest BCUT2D eigenvalue weighted by Crippen LogP contribution is 2.45. The Morgan fingerprint density at radius 2 is 1.96 bits per heavy atom. The van der Waals surface area contributed by atoms with E-state index in [1.54, 1.807) is 26.8 Å². The Balaban J connectivity index is 1.34. The van der Waals surface area contributed by atoms with E-state index in [4.69, 9.17) is 9.47 Å². The summed E-state index contributed by atoms with van der Waals surface area (Å²) >= 11 is 1.37. The van der Waals surface area contributed by atoms with Crippen molar-refractivity contribution in [2.24, 2.45) is 5.92 Å². The Labute approximate surface area is 297 Å². The lowest BCUT2D eigenvalue weighted by Gasteiger charge is -2.30. The first kappa shape index (κ1) is 35.7. The maximum Gasteiger partial charge on any atom is 0.408 e. The molecule has 51 heavy (non-hydrogen) atoms. The van der Waals surface area contributed by atoms with Crippen molar-refractivity contribution < 1.29 is 38.7 Å². The van der Waals surface area contributed by atoms with E-state index in [1.807, 2.05) is 23.6 Å². The van der Waals surface area contributed by atoms with Gasteiger partial charge in [0.05, 0.1) is 27.4 Å². The number of nitro groups is 1. The van der Waals surface area contributed by atoms with Crippen LogP contribution in [0.2, 0.25) is 0 Å². The summed E-state index contributed by atoms with van der Waals surface area (Å²) in [6.07, 6.45) is 5.63. The van der Waals surface area contributed by atoms with Gasteiger partial charge in [-0.2, -0.15) is 0 Å². The van der Waals surface area contributed by atoms with Crippen molar-refractivity contribution >= 4 is 51.9 Å². The lowest BCUT2D eigenvalue weighted by molar-refractivity contribution is -0.384. The summed E-state index contributed by atoms with van der Waals surface area (Å²) in [6, 6.07) is 5.59. The number of nitro benzene ring substituents is 1. The van der Waals surface area contributed by atoms with Gasteiger partial charge in [0.2, 0.25) is 17.7 Å². The van der Waals surface area contributed by atoms with Gasteiger partial charge in [-0.1, -0.05) is 31.1 Å². The molecule has 6 rings (SSSR count). The number of carboxylic acid groups (broad SMARTS) is 1. The number of thiophene rings is 1. The normalized spacial score (nSPS) is 26.1. The third kappa shape index (κ3) is 7.95. The van der Waals surface area contributed by atoms with E-state index in [1.165, 1.54) is 34.4 Å².